The van der Waals surface area contributed by atoms with Crippen LogP contribution in [0.2, 0.25) is 5.02 Å². The van der Waals surface area contributed by atoms with Crippen molar-refractivity contribution in [2.24, 2.45) is 0 Å². The van der Waals surface area contributed by atoms with Crippen LogP contribution in [0.15, 0.2) is 46.0 Å². The van der Waals surface area contributed by atoms with Gasteiger partial charge in [-0.25, -0.2) is 8.42 Å². The van der Waals surface area contributed by atoms with Crippen LogP contribution in [0.4, 0.5) is 5.69 Å². The Morgan fingerprint density at radius 1 is 1.15 bits per heavy atom. The Labute approximate surface area is 167 Å². The minimum absolute atomic E-state index is 0.177. The van der Waals surface area contributed by atoms with E-state index in [0.717, 1.165) is 15.6 Å². The first-order valence-corrected chi connectivity index (χ1v) is 10.8. The fourth-order valence-electron chi connectivity index (χ4n) is 2.14. The molecular weight excluding hydrogens is 410 g/mol. The molecule has 7 nitrogen and oxygen atoms in total. The van der Waals surface area contributed by atoms with Crippen molar-refractivity contribution in [3.05, 3.63) is 46.8 Å². The Balaban J connectivity index is 1.68. The number of hydrogen-bond acceptors (Lipinski definition) is 5. The number of anilines is 1. The highest BCUT2D eigenvalue weighted by atomic mass is 35.5. The standard InChI is InChI=1S/C17H20ClN3O4S2/c1-21(27(24,25)17-5-3-11-26-17)12-16(23)19-10-2-4-15(22)20-14-8-6-13(18)7-9-14/h3,5-9,11H,2,4,10,12H2,1H3,(H,19,23)(H,20,22). The molecule has 0 spiro atoms. The molecule has 0 aliphatic heterocycles. The van der Waals surface area contributed by atoms with Crippen molar-refractivity contribution in [3.8, 4) is 0 Å². The van der Waals surface area contributed by atoms with Gasteiger partial charge in [0.25, 0.3) is 10.0 Å². The van der Waals surface area contributed by atoms with E-state index in [-0.39, 0.29) is 29.6 Å². The molecule has 0 aliphatic carbocycles. The lowest BCUT2D eigenvalue weighted by molar-refractivity contribution is -0.121. The monoisotopic (exact) mass is 429 g/mol. The smallest absolute Gasteiger partial charge is 0.252 e. The van der Waals surface area contributed by atoms with Gasteiger partial charge in [-0.15, -0.1) is 11.3 Å². The lowest BCUT2D eigenvalue weighted by Gasteiger charge is -2.15. The zero-order valence-corrected chi connectivity index (χ0v) is 17.0. The number of carbonyl (C=O) groups excluding carboxylic acids is 2. The van der Waals surface area contributed by atoms with Crippen LogP contribution in [0.3, 0.4) is 0 Å². The van der Waals surface area contributed by atoms with Crippen LogP contribution in [0.25, 0.3) is 0 Å². The Bertz CT molecular complexity index is 868. The summed E-state index contributed by atoms with van der Waals surface area (Å²) in [5.74, 6) is -0.597. The number of nitrogens with one attached hydrogen (secondary N) is 2. The van der Waals surface area contributed by atoms with Gasteiger partial charge in [0.1, 0.15) is 4.21 Å². The van der Waals surface area contributed by atoms with E-state index < -0.39 is 15.9 Å². The third kappa shape index (κ3) is 6.62. The number of thiophene rings is 1. The van der Waals surface area contributed by atoms with Crippen molar-refractivity contribution in [2.45, 2.75) is 17.1 Å². The number of halogens is 1. The second kappa shape index (κ2) is 9.84. The van der Waals surface area contributed by atoms with E-state index >= 15 is 0 Å². The average molecular weight is 430 g/mol. The fourth-order valence-corrected chi connectivity index (χ4v) is 4.59. The molecule has 0 saturated carbocycles. The van der Waals surface area contributed by atoms with Gasteiger partial charge >= 0.3 is 0 Å². The molecular formula is C17H20ClN3O4S2. The van der Waals surface area contributed by atoms with E-state index in [9.17, 15) is 18.0 Å². The Morgan fingerprint density at radius 3 is 2.48 bits per heavy atom. The summed E-state index contributed by atoms with van der Waals surface area (Å²) in [6.07, 6.45) is 0.665. The zero-order valence-electron chi connectivity index (χ0n) is 14.6. The lowest BCUT2D eigenvalue weighted by atomic mass is 10.2. The summed E-state index contributed by atoms with van der Waals surface area (Å²) in [5, 5.41) is 7.59. The molecule has 0 radical (unpaired) electrons. The highest BCUT2D eigenvalue weighted by molar-refractivity contribution is 7.91. The van der Waals surface area contributed by atoms with Crippen LogP contribution in [0, 0.1) is 0 Å². The summed E-state index contributed by atoms with van der Waals surface area (Å²) in [7, 11) is -2.30. The van der Waals surface area contributed by atoms with Gasteiger partial charge in [-0.05, 0) is 42.1 Å². The molecule has 146 valence electrons. The maximum atomic E-state index is 12.2. The summed E-state index contributed by atoms with van der Waals surface area (Å²) >= 11 is 6.88. The van der Waals surface area contributed by atoms with Crippen molar-refractivity contribution in [2.75, 3.05) is 25.5 Å². The maximum absolute atomic E-state index is 12.2. The Kier molecular flexibility index (Phi) is 7.78. The summed E-state index contributed by atoms with van der Waals surface area (Å²) < 4.78 is 25.7. The van der Waals surface area contributed by atoms with Crippen molar-refractivity contribution >= 4 is 50.5 Å². The van der Waals surface area contributed by atoms with Gasteiger partial charge in [0.05, 0.1) is 6.54 Å². The second-order valence-corrected chi connectivity index (χ2v) is 9.36. The molecule has 2 rings (SSSR count). The predicted molar refractivity (Wildman–Crippen MR) is 106 cm³/mol. The van der Waals surface area contributed by atoms with Crippen molar-refractivity contribution in [1.82, 2.24) is 9.62 Å². The topological polar surface area (TPSA) is 95.6 Å². The van der Waals surface area contributed by atoms with Gasteiger partial charge in [0, 0.05) is 30.7 Å². The van der Waals surface area contributed by atoms with Crippen LogP contribution in [0.1, 0.15) is 12.8 Å². The summed E-state index contributed by atoms with van der Waals surface area (Å²) in [4.78, 5) is 23.7. The number of benzene rings is 1. The van der Waals surface area contributed by atoms with Crippen LogP contribution in [0.5, 0.6) is 0 Å². The Morgan fingerprint density at radius 2 is 1.85 bits per heavy atom. The van der Waals surface area contributed by atoms with Crippen LogP contribution in [-0.2, 0) is 19.6 Å². The quantitative estimate of drug-likeness (QED) is 0.599. The zero-order chi connectivity index (χ0) is 19.9. The van der Waals surface area contributed by atoms with Gasteiger partial charge in [-0.1, -0.05) is 17.7 Å². The van der Waals surface area contributed by atoms with E-state index in [4.69, 9.17) is 11.6 Å². The number of likely N-dealkylation sites (N-methyl/N-ethyl adjacent to an activating group) is 1. The molecule has 1 heterocycles. The molecule has 2 N–H and O–H groups in total. The van der Waals surface area contributed by atoms with E-state index in [1.807, 2.05) is 0 Å². The lowest BCUT2D eigenvalue weighted by Crippen LogP contribution is -2.38. The number of nitrogens with zero attached hydrogens (tertiary/aromatic N) is 1. The number of sulfonamides is 1. The second-order valence-electron chi connectivity index (χ2n) is 5.70. The third-order valence-corrected chi connectivity index (χ3v) is 6.99. The van der Waals surface area contributed by atoms with Gasteiger partial charge in [0.15, 0.2) is 0 Å². The summed E-state index contributed by atoms with van der Waals surface area (Å²) in [6.45, 7) is -0.00301. The van der Waals surface area contributed by atoms with Gasteiger partial charge < -0.3 is 10.6 Å². The van der Waals surface area contributed by atoms with Gasteiger partial charge in [-0.2, -0.15) is 4.31 Å². The molecule has 27 heavy (non-hydrogen) atoms. The van der Waals surface area contributed by atoms with E-state index in [1.165, 1.54) is 13.1 Å². The van der Waals surface area contributed by atoms with E-state index in [0.29, 0.717) is 17.1 Å². The number of hydrogen-bond donors (Lipinski definition) is 2. The molecule has 0 unspecified atom stereocenters. The largest absolute Gasteiger partial charge is 0.355 e. The normalized spacial score (nSPS) is 11.4. The molecule has 0 bridgehead atoms. The minimum Gasteiger partial charge on any atom is -0.355 e. The molecule has 2 amide bonds. The molecule has 0 fully saturated rings. The minimum atomic E-state index is -3.65. The van der Waals surface area contributed by atoms with E-state index in [1.54, 1.807) is 35.7 Å². The molecule has 2 aromatic rings. The first-order chi connectivity index (χ1) is 12.8. The molecule has 1 aromatic heterocycles. The first-order valence-electron chi connectivity index (χ1n) is 8.11. The van der Waals surface area contributed by atoms with Crippen LogP contribution in [-0.4, -0.2) is 44.7 Å². The molecule has 10 heteroatoms. The SMILES string of the molecule is CN(CC(=O)NCCCC(=O)Nc1ccc(Cl)cc1)S(=O)(=O)c1cccs1. The predicted octanol–water partition coefficient (Wildman–Crippen LogP) is 2.56. The highest BCUT2D eigenvalue weighted by Crippen LogP contribution is 2.19. The van der Waals surface area contributed by atoms with Crippen molar-refractivity contribution in [1.29, 1.82) is 0 Å². The molecule has 0 atom stereocenters. The summed E-state index contributed by atoms with van der Waals surface area (Å²) in [5.41, 5.74) is 0.647. The first kappa shape index (κ1) is 21.4. The molecule has 0 saturated heterocycles. The third-order valence-electron chi connectivity index (χ3n) is 3.56. The Hall–Kier alpha value is -1.94. The maximum Gasteiger partial charge on any atom is 0.252 e. The number of rotatable bonds is 9. The van der Waals surface area contributed by atoms with Crippen molar-refractivity contribution in [3.63, 3.8) is 0 Å². The highest BCUT2D eigenvalue weighted by Gasteiger charge is 2.23. The average Bonchev–Trinajstić information content (AvgIpc) is 3.16. The van der Waals surface area contributed by atoms with Gasteiger partial charge in [-0.3, -0.25) is 9.59 Å². The van der Waals surface area contributed by atoms with E-state index in [2.05, 4.69) is 10.6 Å². The van der Waals surface area contributed by atoms with Gasteiger partial charge in [0.2, 0.25) is 11.8 Å². The molecule has 0 aliphatic rings. The van der Waals surface area contributed by atoms with Crippen LogP contribution < -0.4 is 10.6 Å². The van der Waals surface area contributed by atoms with Crippen molar-refractivity contribution < 1.29 is 18.0 Å². The number of amides is 2. The van der Waals surface area contributed by atoms with Crippen LogP contribution >= 0.6 is 22.9 Å². The fraction of sp³-hybridized carbons (Fsp3) is 0.294. The number of carbonyl (C=O) groups is 2. The molecule has 1 aromatic carbocycles. The summed E-state index contributed by atoms with van der Waals surface area (Å²) in [6, 6.07) is 9.89.